The molecule has 0 amide bonds. The van der Waals surface area contributed by atoms with E-state index in [2.05, 4.69) is 4.40 Å². The summed E-state index contributed by atoms with van der Waals surface area (Å²) in [6.45, 7) is 0.486. The number of nitrogens with two attached hydrogens (primary N) is 1. The Balaban J connectivity index is 2.87. The summed E-state index contributed by atoms with van der Waals surface area (Å²) < 4.78 is 25.4. The Hall–Kier alpha value is -0.880. The molecule has 0 radical (unpaired) electrons. The van der Waals surface area contributed by atoms with Gasteiger partial charge in [0.15, 0.2) is 5.03 Å². The molecule has 1 rings (SSSR count). The molecule has 6 heteroatoms. The maximum absolute atomic E-state index is 11.0. The molecule has 0 fully saturated rings. The molecule has 1 heterocycles. The number of hydrogen-bond donors (Lipinski definition) is 1. The second-order valence-corrected chi connectivity index (χ2v) is 4.45. The molecule has 0 bridgehead atoms. The smallest absolute Gasteiger partial charge is 0.297 e. The first-order valence-corrected chi connectivity index (χ1v) is 4.81. The summed E-state index contributed by atoms with van der Waals surface area (Å²) in [6, 6.07) is 0. The minimum Gasteiger partial charge on any atom is -0.388 e. The third-order valence-electron chi connectivity index (χ3n) is 1.32. The first-order chi connectivity index (χ1) is 5.42. The van der Waals surface area contributed by atoms with Crippen LogP contribution in [0.15, 0.2) is 15.5 Å². The third kappa shape index (κ3) is 1.83. The molecule has 0 saturated carbocycles. The van der Waals surface area contributed by atoms with Gasteiger partial charge in [-0.2, -0.15) is 12.8 Å². The topological polar surface area (TPSA) is 75.8 Å². The van der Waals surface area contributed by atoms with Crippen LogP contribution in [0.25, 0.3) is 0 Å². The van der Waals surface area contributed by atoms with Gasteiger partial charge in [0.2, 0.25) is 0 Å². The van der Waals surface area contributed by atoms with Crippen LogP contribution in [-0.4, -0.2) is 39.7 Å². The van der Waals surface area contributed by atoms with Crippen molar-refractivity contribution in [3.8, 4) is 0 Å². The highest BCUT2D eigenvalue weighted by atomic mass is 32.2. The first-order valence-electron chi connectivity index (χ1n) is 3.37. The molecule has 1 aliphatic rings. The molecule has 0 aromatic rings. The average Bonchev–Trinajstić information content (AvgIpc) is 2.04. The van der Waals surface area contributed by atoms with Crippen molar-refractivity contribution in [2.75, 3.05) is 20.6 Å². The van der Waals surface area contributed by atoms with Gasteiger partial charge in [-0.3, -0.25) is 0 Å². The van der Waals surface area contributed by atoms with Crippen LogP contribution in [0, 0.1) is 0 Å². The summed E-state index contributed by atoms with van der Waals surface area (Å²) in [5.74, 6) is 0. The largest absolute Gasteiger partial charge is 0.388 e. The standard InChI is InChI=1S/C6H11N3O2S/c1-9(2)4-5-3-6(7)12(10,11)8-5/h3H,4,7H2,1-2H3. The molecule has 5 nitrogen and oxygen atoms in total. The third-order valence-corrected chi connectivity index (χ3v) is 2.51. The van der Waals surface area contributed by atoms with Crippen LogP contribution in [0.3, 0.4) is 0 Å². The molecule has 0 unspecified atom stereocenters. The Kier molecular flexibility index (Phi) is 2.20. The van der Waals surface area contributed by atoms with Gasteiger partial charge in [-0.05, 0) is 20.2 Å². The summed E-state index contributed by atoms with van der Waals surface area (Å²) in [5, 5.41) is -0.167. The maximum Gasteiger partial charge on any atom is 0.297 e. The van der Waals surface area contributed by atoms with Gasteiger partial charge < -0.3 is 10.6 Å². The highest BCUT2D eigenvalue weighted by Gasteiger charge is 2.21. The van der Waals surface area contributed by atoms with Crippen LogP contribution in [0.1, 0.15) is 0 Å². The Labute approximate surface area is 71.6 Å². The van der Waals surface area contributed by atoms with Crippen molar-refractivity contribution in [3.63, 3.8) is 0 Å². The Morgan fingerprint density at radius 3 is 2.50 bits per heavy atom. The molecule has 1 aliphatic heterocycles. The number of sulfonamides is 1. The molecule has 2 N–H and O–H groups in total. The zero-order chi connectivity index (χ0) is 9.35. The highest BCUT2D eigenvalue weighted by molar-refractivity contribution is 7.94. The van der Waals surface area contributed by atoms with Crippen molar-refractivity contribution < 1.29 is 8.42 Å². The van der Waals surface area contributed by atoms with E-state index in [1.165, 1.54) is 6.08 Å². The van der Waals surface area contributed by atoms with E-state index < -0.39 is 10.0 Å². The zero-order valence-electron chi connectivity index (χ0n) is 6.98. The van der Waals surface area contributed by atoms with Crippen molar-refractivity contribution in [1.82, 2.24) is 4.90 Å². The normalized spacial score (nSPS) is 20.9. The molecule has 0 aromatic heterocycles. The minimum absolute atomic E-state index is 0.167. The molecular weight excluding hydrogens is 178 g/mol. The van der Waals surface area contributed by atoms with Gasteiger partial charge in [0, 0.05) is 6.54 Å². The number of nitrogens with zero attached hydrogens (tertiary/aromatic N) is 2. The summed E-state index contributed by atoms with van der Waals surface area (Å²) in [5.41, 5.74) is 5.70. The lowest BCUT2D eigenvalue weighted by atomic mass is 10.3. The fourth-order valence-electron chi connectivity index (χ4n) is 0.871. The van der Waals surface area contributed by atoms with Crippen LogP contribution in [-0.2, 0) is 10.0 Å². The molecular formula is C6H11N3O2S. The SMILES string of the molecule is CN(C)CC1=NS(=O)(=O)C(N)=C1. The predicted molar refractivity (Wildman–Crippen MR) is 47.2 cm³/mol. The lowest BCUT2D eigenvalue weighted by Gasteiger charge is -2.05. The average molecular weight is 189 g/mol. The van der Waals surface area contributed by atoms with E-state index in [1.807, 2.05) is 19.0 Å². The molecule has 68 valence electrons. The molecule has 0 spiro atoms. The van der Waals surface area contributed by atoms with Crippen molar-refractivity contribution in [3.05, 3.63) is 11.1 Å². The summed E-state index contributed by atoms with van der Waals surface area (Å²) in [7, 11) is 0.142. The summed E-state index contributed by atoms with van der Waals surface area (Å²) in [6.07, 6.45) is 1.38. The number of rotatable bonds is 2. The minimum atomic E-state index is -3.52. The van der Waals surface area contributed by atoms with Crippen molar-refractivity contribution >= 4 is 15.7 Å². The van der Waals surface area contributed by atoms with E-state index in [-0.39, 0.29) is 5.03 Å². The van der Waals surface area contributed by atoms with E-state index in [1.54, 1.807) is 0 Å². The highest BCUT2D eigenvalue weighted by Crippen LogP contribution is 2.11. The van der Waals surface area contributed by atoms with Crippen LogP contribution in [0.4, 0.5) is 0 Å². The Bertz CT molecular complexity index is 340. The van der Waals surface area contributed by atoms with Crippen LogP contribution < -0.4 is 5.73 Å². The maximum atomic E-state index is 11.0. The molecule has 0 aromatic carbocycles. The fraction of sp³-hybridized carbons (Fsp3) is 0.500. The van der Waals surface area contributed by atoms with Crippen molar-refractivity contribution in [2.45, 2.75) is 0 Å². The summed E-state index contributed by atoms with van der Waals surface area (Å²) in [4.78, 5) is 1.82. The van der Waals surface area contributed by atoms with Crippen LogP contribution >= 0.6 is 0 Å². The molecule has 0 saturated heterocycles. The van der Waals surface area contributed by atoms with Gasteiger partial charge in [-0.15, -0.1) is 0 Å². The Morgan fingerprint density at radius 1 is 1.58 bits per heavy atom. The van der Waals surface area contributed by atoms with E-state index >= 15 is 0 Å². The van der Waals surface area contributed by atoms with Gasteiger partial charge in [-0.25, -0.2) is 0 Å². The quantitative estimate of drug-likeness (QED) is 0.613. The zero-order valence-corrected chi connectivity index (χ0v) is 7.80. The van der Waals surface area contributed by atoms with Gasteiger partial charge in [0.05, 0.1) is 5.71 Å². The lowest BCUT2D eigenvalue weighted by Crippen LogP contribution is -2.19. The van der Waals surface area contributed by atoms with Crippen LogP contribution in [0.2, 0.25) is 0 Å². The molecule has 12 heavy (non-hydrogen) atoms. The van der Waals surface area contributed by atoms with Crippen molar-refractivity contribution in [1.29, 1.82) is 0 Å². The Morgan fingerprint density at radius 2 is 2.17 bits per heavy atom. The van der Waals surface area contributed by atoms with Gasteiger partial charge >= 0.3 is 0 Å². The second-order valence-electron chi connectivity index (χ2n) is 2.84. The van der Waals surface area contributed by atoms with E-state index in [9.17, 15) is 8.42 Å². The monoisotopic (exact) mass is 189 g/mol. The predicted octanol–water partition coefficient (Wildman–Crippen LogP) is -0.867. The molecule has 0 aliphatic carbocycles. The van der Waals surface area contributed by atoms with Gasteiger partial charge in [0.25, 0.3) is 10.0 Å². The van der Waals surface area contributed by atoms with E-state index in [4.69, 9.17) is 5.73 Å². The first kappa shape index (κ1) is 9.21. The van der Waals surface area contributed by atoms with Crippen LogP contribution in [0.5, 0.6) is 0 Å². The second kappa shape index (κ2) is 2.87. The lowest BCUT2D eigenvalue weighted by molar-refractivity contribution is 0.471. The van der Waals surface area contributed by atoms with Gasteiger partial charge in [-0.1, -0.05) is 0 Å². The number of hydrogen-bond acceptors (Lipinski definition) is 4. The van der Waals surface area contributed by atoms with Gasteiger partial charge in [0.1, 0.15) is 0 Å². The fourth-order valence-corrected chi connectivity index (χ4v) is 1.68. The van der Waals surface area contributed by atoms with E-state index in [0.717, 1.165) is 0 Å². The van der Waals surface area contributed by atoms with Crippen molar-refractivity contribution in [2.24, 2.45) is 10.1 Å². The van der Waals surface area contributed by atoms with E-state index in [0.29, 0.717) is 12.3 Å². The molecule has 0 atom stereocenters. The summed E-state index contributed by atoms with van der Waals surface area (Å²) >= 11 is 0.